The zero-order valence-corrected chi connectivity index (χ0v) is 12.3. The highest BCUT2D eigenvalue weighted by Gasteiger charge is 2.45. The molecule has 2 rings (SSSR count). The molecular weight excluding hydrogens is 256 g/mol. The summed E-state index contributed by atoms with van der Waals surface area (Å²) < 4.78 is 1.97. The van der Waals surface area contributed by atoms with E-state index in [2.05, 4.69) is 10.3 Å². The van der Waals surface area contributed by atoms with Crippen LogP contribution in [0.1, 0.15) is 33.6 Å². The monoisotopic (exact) mass is 278 g/mol. The van der Waals surface area contributed by atoms with Crippen LogP contribution in [0.3, 0.4) is 0 Å². The molecule has 1 unspecified atom stereocenters. The molecule has 1 atom stereocenters. The molecule has 0 spiro atoms. The van der Waals surface area contributed by atoms with Crippen molar-refractivity contribution >= 4 is 11.8 Å². The van der Waals surface area contributed by atoms with Crippen LogP contribution in [0.5, 0.6) is 0 Å². The van der Waals surface area contributed by atoms with E-state index in [1.54, 1.807) is 31.3 Å². The molecule has 6 nitrogen and oxygen atoms in total. The average molecular weight is 278 g/mol. The van der Waals surface area contributed by atoms with Crippen molar-refractivity contribution in [2.75, 3.05) is 6.54 Å². The fourth-order valence-corrected chi connectivity index (χ4v) is 2.48. The zero-order valence-electron chi connectivity index (χ0n) is 12.3. The van der Waals surface area contributed by atoms with Crippen molar-refractivity contribution in [1.82, 2.24) is 19.8 Å². The quantitative estimate of drug-likeness (QED) is 0.866. The molecule has 110 valence electrons. The molecule has 1 aromatic heterocycles. The first kappa shape index (κ1) is 14.6. The number of carbonyl (C=O) groups excluding carboxylic acids is 2. The van der Waals surface area contributed by atoms with E-state index >= 15 is 0 Å². The fraction of sp³-hybridized carbons (Fsp3) is 0.643. The number of imidazole rings is 1. The Morgan fingerprint density at radius 3 is 2.70 bits per heavy atom. The molecule has 2 heterocycles. The lowest BCUT2D eigenvalue weighted by Gasteiger charge is -2.44. The van der Waals surface area contributed by atoms with Gasteiger partial charge in [0.15, 0.2) is 0 Å². The molecule has 1 aromatic rings. The van der Waals surface area contributed by atoms with Crippen LogP contribution < -0.4 is 5.32 Å². The fourth-order valence-electron chi connectivity index (χ4n) is 2.48. The van der Waals surface area contributed by atoms with E-state index in [9.17, 15) is 9.59 Å². The van der Waals surface area contributed by atoms with Gasteiger partial charge in [-0.3, -0.25) is 9.59 Å². The summed E-state index contributed by atoms with van der Waals surface area (Å²) >= 11 is 0. The molecule has 0 bridgehead atoms. The van der Waals surface area contributed by atoms with Crippen LogP contribution in [0, 0.1) is 0 Å². The Kier molecular flexibility index (Phi) is 4.11. The molecule has 1 fully saturated rings. The number of nitrogens with one attached hydrogen (secondary N) is 1. The maximum absolute atomic E-state index is 12.4. The van der Waals surface area contributed by atoms with Gasteiger partial charge in [-0.25, -0.2) is 4.98 Å². The van der Waals surface area contributed by atoms with Crippen molar-refractivity contribution in [3.8, 4) is 0 Å². The molecule has 0 radical (unpaired) electrons. The third-order valence-corrected chi connectivity index (χ3v) is 3.87. The minimum absolute atomic E-state index is 0.0164. The van der Waals surface area contributed by atoms with Crippen LogP contribution >= 0.6 is 0 Å². The number of piperazine rings is 1. The van der Waals surface area contributed by atoms with E-state index in [1.807, 2.05) is 17.7 Å². The van der Waals surface area contributed by atoms with Gasteiger partial charge in [0, 0.05) is 25.5 Å². The molecule has 1 N–H and O–H groups in total. The van der Waals surface area contributed by atoms with Crippen LogP contribution in [-0.4, -0.2) is 44.4 Å². The second kappa shape index (κ2) is 5.64. The van der Waals surface area contributed by atoms with Gasteiger partial charge in [0.25, 0.3) is 0 Å². The van der Waals surface area contributed by atoms with E-state index in [0.29, 0.717) is 13.0 Å². The predicted molar refractivity (Wildman–Crippen MR) is 74.9 cm³/mol. The van der Waals surface area contributed by atoms with Gasteiger partial charge in [0.2, 0.25) is 11.8 Å². The largest absolute Gasteiger partial charge is 0.342 e. The Hall–Kier alpha value is -1.85. The average Bonchev–Trinajstić information content (AvgIpc) is 2.91. The van der Waals surface area contributed by atoms with Crippen molar-refractivity contribution in [3.05, 3.63) is 18.7 Å². The first-order chi connectivity index (χ1) is 9.46. The van der Waals surface area contributed by atoms with E-state index < -0.39 is 5.54 Å². The van der Waals surface area contributed by atoms with Gasteiger partial charge >= 0.3 is 0 Å². The van der Waals surface area contributed by atoms with Gasteiger partial charge in [-0.2, -0.15) is 0 Å². The third-order valence-electron chi connectivity index (χ3n) is 3.87. The number of hydrogen-bond donors (Lipinski definition) is 1. The number of carbonyl (C=O) groups is 2. The number of rotatable bonds is 5. The predicted octanol–water partition coefficient (Wildman–Crippen LogP) is 0.789. The minimum atomic E-state index is -0.780. The van der Waals surface area contributed by atoms with Gasteiger partial charge in [-0.05, 0) is 26.7 Å². The van der Waals surface area contributed by atoms with Gasteiger partial charge < -0.3 is 14.8 Å². The molecule has 0 saturated carbocycles. The molecule has 1 aliphatic heterocycles. The van der Waals surface area contributed by atoms with Crippen LogP contribution in [-0.2, 0) is 16.1 Å². The van der Waals surface area contributed by atoms with E-state index in [0.717, 1.165) is 13.0 Å². The number of nitrogens with zero attached hydrogens (tertiary/aromatic N) is 3. The van der Waals surface area contributed by atoms with Gasteiger partial charge in [0.1, 0.15) is 11.6 Å². The maximum Gasteiger partial charge on any atom is 0.246 e. The summed E-state index contributed by atoms with van der Waals surface area (Å²) in [6.07, 6.45) is 6.81. The summed E-state index contributed by atoms with van der Waals surface area (Å²) in [7, 11) is 0. The van der Waals surface area contributed by atoms with Crippen LogP contribution in [0.15, 0.2) is 18.7 Å². The Bertz CT molecular complexity index is 481. The van der Waals surface area contributed by atoms with Crippen molar-refractivity contribution in [2.45, 2.75) is 51.7 Å². The molecule has 1 aliphatic rings. The highest BCUT2D eigenvalue weighted by atomic mass is 16.2. The molecule has 20 heavy (non-hydrogen) atoms. The zero-order chi connectivity index (χ0) is 14.8. The Labute approximate surface area is 119 Å². The molecule has 2 amide bonds. The lowest BCUT2D eigenvalue weighted by atomic mass is 9.94. The van der Waals surface area contributed by atoms with Crippen LogP contribution in [0.25, 0.3) is 0 Å². The van der Waals surface area contributed by atoms with E-state index in [1.165, 1.54) is 0 Å². The SMILES string of the molecule is CCC1NC(=O)C(C)(C)N(CCCn2ccnc2)C1=O. The summed E-state index contributed by atoms with van der Waals surface area (Å²) in [4.78, 5) is 30.2. The Morgan fingerprint density at radius 2 is 2.10 bits per heavy atom. The summed E-state index contributed by atoms with van der Waals surface area (Å²) in [5.41, 5.74) is -0.780. The number of hydrogen-bond acceptors (Lipinski definition) is 3. The highest BCUT2D eigenvalue weighted by molar-refractivity contribution is 5.99. The number of amides is 2. The Morgan fingerprint density at radius 1 is 1.35 bits per heavy atom. The van der Waals surface area contributed by atoms with Crippen molar-refractivity contribution < 1.29 is 9.59 Å². The smallest absolute Gasteiger partial charge is 0.246 e. The first-order valence-electron chi connectivity index (χ1n) is 7.05. The molecule has 0 aliphatic carbocycles. The van der Waals surface area contributed by atoms with Crippen LogP contribution in [0.4, 0.5) is 0 Å². The highest BCUT2D eigenvalue weighted by Crippen LogP contribution is 2.22. The number of aryl methyl sites for hydroxylation is 1. The summed E-state index contributed by atoms with van der Waals surface area (Å²) in [5, 5.41) is 2.79. The second-order valence-corrected chi connectivity index (χ2v) is 5.64. The van der Waals surface area contributed by atoms with Crippen molar-refractivity contribution in [2.24, 2.45) is 0 Å². The third kappa shape index (κ3) is 2.69. The lowest BCUT2D eigenvalue weighted by molar-refractivity contribution is -0.155. The summed E-state index contributed by atoms with van der Waals surface area (Å²) in [6.45, 7) is 6.86. The second-order valence-electron chi connectivity index (χ2n) is 5.64. The standard InChI is InChI=1S/C14H22N4O2/c1-4-11-12(19)18(14(2,3)13(20)16-11)8-5-7-17-9-6-15-10-17/h6,9-11H,4-5,7-8H2,1-3H3,(H,16,20). The summed E-state index contributed by atoms with van der Waals surface area (Å²) in [6, 6.07) is -0.385. The van der Waals surface area contributed by atoms with E-state index in [-0.39, 0.29) is 17.9 Å². The molecule has 1 saturated heterocycles. The van der Waals surface area contributed by atoms with Gasteiger partial charge in [-0.1, -0.05) is 6.92 Å². The normalized spacial score (nSPS) is 21.9. The maximum atomic E-state index is 12.4. The number of aromatic nitrogens is 2. The van der Waals surface area contributed by atoms with E-state index in [4.69, 9.17) is 0 Å². The molecule has 6 heteroatoms. The minimum Gasteiger partial charge on any atom is -0.342 e. The topological polar surface area (TPSA) is 67.2 Å². The molecular formula is C14H22N4O2. The van der Waals surface area contributed by atoms with Crippen molar-refractivity contribution in [3.63, 3.8) is 0 Å². The lowest BCUT2D eigenvalue weighted by Crippen LogP contribution is -2.68. The Balaban J connectivity index is 2.02. The molecule has 0 aromatic carbocycles. The van der Waals surface area contributed by atoms with Gasteiger partial charge in [-0.15, -0.1) is 0 Å². The van der Waals surface area contributed by atoms with Crippen molar-refractivity contribution in [1.29, 1.82) is 0 Å². The van der Waals surface area contributed by atoms with Gasteiger partial charge in [0.05, 0.1) is 6.33 Å². The van der Waals surface area contributed by atoms with Crippen LogP contribution in [0.2, 0.25) is 0 Å². The summed E-state index contributed by atoms with van der Waals surface area (Å²) in [5.74, 6) is -0.0608. The first-order valence-corrected chi connectivity index (χ1v) is 7.05.